The van der Waals surface area contributed by atoms with Crippen LogP contribution >= 0.6 is 0 Å². The van der Waals surface area contributed by atoms with Crippen molar-refractivity contribution in [1.82, 2.24) is 10.6 Å². The average molecular weight is 308 g/mol. The summed E-state index contributed by atoms with van der Waals surface area (Å²) < 4.78 is 13.0. The number of hydrogen-bond donors (Lipinski definition) is 3. The summed E-state index contributed by atoms with van der Waals surface area (Å²) in [6, 6.07) is 5.80. The lowest BCUT2D eigenvalue weighted by atomic mass is 10.2. The predicted octanol–water partition coefficient (Wildman–Crippen LogP) is 2.51. The minimum atomic E-state index is -0.379. The number of carbonyl (C=O) groups is 1. The maximum Gasteiger partial charge on any atom is 0.243 e. The maximum atomic E-state index is 13.0. The maximum absolute atomic E-state index is 13.0. The van der Waals surface area contributed by atoms with Crippen LogP contribution in [0.4, 0.5) is 10.1 Å². The summed E-state index contributed by atoms with van der Waals surface area (Å²) in [5, 5.41) is 8.71. The number of halogens is 1. The highest BCUT2D eigenvalue weighted by atomic mass is 19.1. The van der Waals surface area contributed by atoms with Crippen LogP contribution in [0.1, 0.15) is 32.6 Å². The van der Waals surface area contributed by atoms with Gasteiger partial charge in [0.2, 0.25) is 5.91 Å². The molecule has 1 amide bonds. The van der Waals surface area contributed by atoms with Crippen LogP contribution in [0.3, 0.4) is 0 Å². The Bertz CT molecular complexity index is 491. The minimum Gasteiger partial charge on any atom is -0.356 e. The summed E-state index contributed by atoms with van der Waals surface area (Å²) in [5.41, 5.74) is 0.439. The van der Waals surface area contributed by atoms with Crippen LogP contribution in [0.2, 0.25) is 0 Å². The monoisotopic (exact) mass is 308 g/mol. The molecule has 0 heterocycles. The molecule has 0 saturated carbocycles. The van der Waals surface area contributed by atoms with Crippen molar-refractivity contribution in [3.8, 4) is 0 Å². The lowest BCUT2D eigenvalue weighted by molar-refractivity contribution is -0.115. The Labute approximate surface area is 131 Å². The zero-order chi connectivity index (χ0) is 16.2. The fourth-order valence-electron chi connectivity index (χ4n) is 1.91. The molecule has 0 radical (unpaired) electrons. The first-order chi connectivity index (χ1) is 10.7. The Morgan fingerprint density at radius 2 is 2.05 bits per heavy atom. The number of anilines is 1. The molecule has 0 fully saturated rings. The second-order valence-corrected chi connectivity index (χ2v) is 4.97. The minimum absolute atomic E-state index is 0.0746. The summed E-state index contributed by atoms with van der Waals surface area (Å²) in [7, 11) is 1.66. The van der Waals surface area contributed by atoms with E-state index in [4.69, 9.17) is 0 Å². The molecule has 0 atom stereocenters. The number of rotatable bonds is 8. The first kappa shape index (κ1) is 17.9. The first-order valence-electron chi connectivity index (χ1n) is 7.65. The molecule has 22 heavy (non-hydrogen) atoms. The molecule has 122 valence electrons. The number of carbonyl (C=O) groups excluding carboxylic acids is 1. The highest BCUT2D eigenvalue weighted by Gasteiger charge is 2.04. The third-order valence-electron chi connectivity index (χ3n) is 3.07. The molecule has 0 unspecified atom stereocenters. The lowest BCUT2D eigenvalue weighted by Crippen LogP contribution is -2.41. The summed E-state index contributed by atoms with van der Waals surface area (Å²) in [5.74, 6) is -0.0410. The largest absolute Gasteiger partial charge is 0.356 e. The van der Waals surface area contributed by atoms with Gasteiger partial charge in [-0.15, -0.1) is 0 Å². The van der Waals surface area contributed by atoms with Crippen LogP contribution in [0, 0.1) is 5.82 Å². The Kier molecular flexibility index (Phi) is 8.64. The van der Waals surface area contributed by atoms with Gasteiger partial charge in [-0.2, -0.15) is 0 Å². The van der Waals surface area contributed by atoms with Gasteiger partial charge >= 0.3 is 0 Å². The highest BCUT2D eigenvalue weighted by Crippen LogP contribution is 2.08. The molecule has 6 heteroatoms. The van der Waals surface area contributed by atoms with Gasteiger partial charge < -0.3 is 16.0 Å². The van der Waals surface area contributed by atoms with E-state index in [0.717, 1.165) is 13.0 Å². The van der Waals surface area contributed by atoms with Crippen LogP contribution < -0.4 is 16.0 Å². The second kappa shape index (κ2) is 10.6. The van der Waals surface area contributed by atoms with E-state index in [1.807, 2.05) is 0 Å². The average Bonchev–Trinajstić information content (AvgIpc) is 2.50. The molecule has 0 aromatic heterocycles. The number of nitrogens with zero attached hydrogens (tertiary/aromatic N) is 1. The molecule has 0 aliphatic heterocycles. The van der Waals surface area contributed by atoms with Crippen LogP contribution in [0.25, 0.3) is 0 Å². The fraction of sp³-hybridized carbons (Fsp3) is 0.500. The van der Waals surface area contributed by atoms with Gasteiger partial charge in [0.15, 0.2) is 5.96 Å². The number of hydrogen-bond acceptors (Lipinski definition) is 2. The Morgan fingerprint density at radius 3 is 2.73 bits per heavy atom. The van der Waals surface area contributed by atoms with E-state index in [1.54, 1.807) is 19.2 Å². The normalized spacial score (nSPS) is 11.1. The van der Waals surface area contributed by atoms with Crippen molar-refractivity contribution in [2.24, 2.45) is 4.99 Å². The van der Waals surface area contributed by atoms with Crippen molar-refractivity contribution in [1.29, 1.82) is 0 Å². The highest BCUT2D eigenvalue weighted by molar-refractivity contribution is 5.94. The van der Waals surface area contributed by atoms with E-state index < -0.39 is 0 Å². The number of unbranched alkanes of at least 4 members (excludes halogenated alkanes) is 3. The van der Waals surface area contributed by atoms with E-state index in [2.05, 4.69) is 27.9 Å². The van der Waals surface area contributed by atoms with Crippen LogP contribution in [0.15, 0.2) is 29.3 Å². The van der Waals surface area contributed by atoms with E-state index in [-0.39, 0.29) is 18.3 Å². The van der Waals surface area contributed by atoms with Crippen molar-refractivity contribution in [2.45, 2.75) is 32.6 Å². The van der Waals surface area contributed by atoms with Gasteiger partial charge in [0.1, 0.15) is 5.82 Å². The van der Waals surface area contributed by atoms with Crippen molar-refractivity contribution in [2.75, 3.05) is 25.5 Å². The molecule has 0 bridgehead atoms. The molecule has 1 rings (SSSR count). The number of guanidine groups is 1. The van der Waals surface area contributed by atoms with Gasteiger partial charge in [0.05, 0.1) is 6.54 Å². The molecule has 5 nitrogen and oxygen atoms in total. The zero-order valence-corrected chi connectivity index (χ0v) is 13.3. The van der Waals surface area contributed by atoms with E-state index >= 15 is 0 Å². The molecule has 0 aliphatic rings. The van der Waals surface area contributed by atoms with Gasteiger partial charge in [-0.05, 0) is 24.6 Å². The SMILES string of the molecule is CCCCCCNC(=NC)NCC(=O)Nc1cccc(F)c1. The summed E-state index contributed by atoms with van der Waals surface area (Å²) in [6.07, 6.45) is 4.68. The summed E-state index contributed by atoms with van der Waals surface area (Å²) in [4.78, 5) is 15.8. The van der Waals surface area contributed by atoms with Gasteiger partial charge in [0, 0.05) is 19.3 Å². The van der Waals surface area contributed by atoms with Crippen molar-refractivity contribution >= 4 is 17.6 Å². The Balaban J connectivity index is 2.26. The molecule has 0 spiro atoms. The molecule has 0 saturated heterocycles. The third-order valence-corrected chi connectivity index (χ3v) is 3.07. The zero-order valence-electron chi connectivity index (χ0n) is 13.3. The van der Waals surface area contributed by atoms with Gasteiger partial charge in [-0.1, -0.05) is 32.3 Å². The molecule has 1 aromatic carbocycles. The standard InChI is InChI=1S/C16H25FN4O/c1-3-4-5-6-10-19-16(18-2)20-12-15(22)21-14-9-7-8-13(17)11-14/h7-9,11H,3-6,10,12H2,1-2H3,(H,21,22)(H2,18,19,20). The molecule has 0 aliphatic carbocycles. The van der Waals surface area contributed by atoms with Crippen molar-refractivity contribution < 1.29 is 9.18 Å². The predicted molar refractivity (Wildman–Crippen MR) is 88.5 cm³/mol. The molecular weight excluding hydrogens is 283 g/mol. The van der Waals surface area contributed by atoms with Gasteiger partial charge in [0.25, 0.3) is 0 Å². The third kappa shape index (κ3) is 7.61. The molecule has 3 N–H and O–H groups in total. The van der Waals surface area contributed by atoms with Crippen molar-refractivity contribution in [3.63, 3.8) is 0 Å². The van der Waals surface area contributed by atoms with Gasteiger partial charge in [-0.25, -0.2) is 4.39 Å². The lowest BCUT2D eigenvalue weighted by Gasteiger charge is -2.12. The fourth-order valence-corrected chi connectivity index (χ4v) is 1.91. The van der Waals surface area contributed by atoms with Crippen LogP contribution in [0.5, 0.6) is 0 Å². The number of nitrogens with one attached hydrogen (secondary N) is 3. The van der Waals surface area contributed by atoms with Crippen LogP contribution in [-0.2, 0) is 4.79 Å². The van der Waals surface area contributed by atoms with E-state index in [1.165, 1.54) is 31.4 Å². The van der Waals surface area contributed by atoms with E-state index in [0.29, 0.717) is 11.6 Å². The number of benzene rings is 1. The number of amides is 1. The smallest absolute Gasteiger partial charge is 0.243 e. The molecule has 1 aromatic rings. The molecular formula is C16H25FN4O. The Hall–Kier alpha value is -2.11. The van der Waals surface area contributed by atoms with Gasteiger partial charge in [-0.3, -0.25) is 9.79 Å². The quantitative estimate of drug-likeness (QED) is 0.393. The second-order valence-electron chi connectivity index (χ2n) is 4.97. The van der Waals surface area contributed by atoms with Crippen LogP contribution in [-0.4, -0.2) is 32.0 Å². The van der Waals surface area contributed by atoms with E-state index in [9.17, 15) is 9.18 Å². The summed E-state index contributed by atoms with van der Waals surface area (Å²) >= 11 is 0. The first-order valence-corrected chi connectivity index (χ1v) is 7.65. The number of aliphatic imine (C=N–C) groups is 1. The Morgan fingerprint density at radius 1 is 1.23 bits per heavy atom. The van der Waals surface area contributed by atoms with Crippen molar-refractivity contribution in [3.05, 3.63) is 30.1 Å². The summed E-state index contributed by atoms with van der Waals surface area (Å²) in [6.45, 7) is 3.07. The topological polar surface area (TPSA) is 65.5 Å².